The minimum Gasteiger partial charge on any atom is -0.445 e. The summed E-state index contributed by atoms with van der Waals surface area (Å²) in [5.41, 5.74) is 0.882. The largest absolute Gasteiger partial charge is 0.445 e. The van der Waals surface area contributed by atoms with Gasteiger partial charge in [-0.3, -0.25) is 14.5 Å². The van der Waals surface area contributed by atoms with Gasteiger partial charge in [-0.2, -0.15) is 0 Å². The zero-order valence-corrected chi connectivity index (χ0v) is 17.5. The zero-order valence-electron chi connectivity index (χ0n) is 17.5. The van der Waals surface area contributed by atoms with Gasteiger partial charge in [0.05, 0.1) is 6.04 Å². The van der Waals surface area contributed by atoms with Crippen molar-refractivity contribution in [2.45, 2.75) is 50.8 Å². The van der Waals surface area contributed by atoms with Crippen LogP contribution in [0, 0.1) is 17.8 Å². The van der Waals surface area contributed by atoms with Gasteiger partial charge in [-0.1, -0.05) is 36.8 Å². The van der Waals surface area contributed by atoms with Gasteiger partial charge in [-0.25, -0.2) is 4.79 Å². The zero-order chi connectivity index (χ0) is 21.8. The van der Waals surface area contributed by atoms with Gasteiger partial charge in [-0.15, -0.1) is 0 Å². The van der Waals surface area contributed by atoms with E-state index in [1.54, 1.807) is 0 Å². The first-order valence-electron chi connectivity index (χ1n) is 11.1. The van der Waals surface area contributed by atoms with Crippen LogP contribution in [-0.2, 0) is 25.7 Å². The molecule has 1 saturated carbocycles. The third-order valence-electron chi connectivity index (χ3n) is 6.79. The van der Waals surface area contributed by atoms with Crippen molar-refractivity contribution < 1.29 is 23.9 Å². The number of amides is 3. The molecule has 5 atom stereocenters. The number of ether oxygens (including phenoxy) is 1. The highest BCUT2D eigenvalue weighted by Crippen LogP contribution is 2.42. The fraction of sp³-hybridized carbons (Fsp3) is 0.565. The molecule has 2 N–H and O–H groups in total. The lowest BCUT2D eigenvalue weighted by Gasteiger charge is -2.28. The Labute approximate surface area is 181 Å². The summed E-state index contributed by atoms with van der Waals surface area (Å²) in [6.07, 6.45) is 4.01. The molecule has 3 amide bonds. The molecule has 4 rings (SSSR count). The first-order valence-corrected chi connectivity index (χ1v) is 11.1. The number of carbonyl (C=O) groups excluding carboxylic acids is 4. The number of hydrogen-bond acceptors (Lipinski definition) is 5. The van der Waals surface area contributed by atoms with Crippen LogP contribution in [0.5, 0.6) is 0 Å². The fourth-order valence-corrected chi connectivity index (χ4v) is 5.22. The smallest absolute Gasteiger partial charge is 0.410 e. The Morgan fingerprint density at radius 2 is 2.03 bits per heavy atom. The Bertz CT molecular complexity index is 830. The number of likely N-dealkylation sites (tertiary alicyclic amines) is 1. The maximum atomic E-state index is 13.2. The third kappa shape index (κ3) is 4.73. The van der Waals surface area contributed by atoms with E-state index < -0.39 is 18.2 Å². The summed E-state index contributed by atoms with van der Waals surface area (Å²) < 4.78 is 5.50. The number of aldehydes is 1. The highest BCUT2D eigenvalue weighted by Gasteiger charge is 2.50. The van der Waals surface area contributed by atoms with Crippen molar-refractivity contribution in [2.75, 3.05) is 13.1 Å². The van der Waals surface area contributed by atoms with E-state index in [0.717, 1.165) is 24.8 Å². The standard InChI is InChI=1S/C23H29N3O5/c27-13-18(11-16-9-10-24-21(16)28)25-22(29)20-19-8-4-7-17(19)12-26(20)23(30)31-14-15-5-2-1-3-6-15/h1-3,5-6,13,16-20H,4,7-12,14H2,(H,24,28)(H,25,29)/t16-,17-,18-,19-,20-/m0/s1. The summed E-state index contributed by atoms with van der Waals surface area (Å²) in [4.78, 5) is 51.0. The van der Waals surface area contributed by atoms with Crippen LogP contribution < -0.4 is 10.6 Å². The van der Waals surface area contributed by atoms with Gasteiger partial charge >= 0.3 is 6.09 Å². The van der Waals surface area contributed by atoms with Crippen LogP contribution in [0.25, 0.3) is 0 Å². The second-order valence-electron chi connectivity index (χ2n) is 8.76. The average Bonchev–Trinajstić information content (AvgIpc) is 3.48. The average molecular weight is 428 g/mol. The molecule has 3 fully saturated rings. The third-order valence-corrected chi connectivity index (χ3v) is 6.79. The van der Waals surface area contributed by atoms with Crippen LogP contribution in [0.3, 0.4) is 0 Å². The van der Waals surface area contributed by atoms with Gasteiger partial charge in [-0.05, 0) is 43.1 Å². The molecule has 0 radical (unpaired) electrons. The van der Waals surface area contributed by atoms with Crippen molar-refractivity contribution in [1.29, 1.82) is 0 Å². The quantitative estimate of drug-likeness (QED) is 0.644. The number of hydrogen-bond donors (Lipinski definition) is 2. The first kappa shape index (κ1) is 21.3. The molecular formula is C23H29N3O5. The van der Waals surface area contributed by atoms with E-state index in [-0.39, 0.29) is 42.6 Å². The van der Waals surface area contributed by atoms with Gasteiger partial charge in [0.1, 0.15) is 18.9 Å². The predicted octanol–water partition coefficient (Wildman–Crippen LogP) is 1.63. The molecular weight excluding hydrogens is 398 g/mol. The topological polar surface area (TPSA) is 105 Å². The van der Waals surface area contributed by atoms with Crippen LogP contribution in [0.2, 0.25) is 0 Å². The van der Waals surface area contributed by atoms with Crippen LogP contribution in [-0.4, -0.2) is 54.3 Å². The lowest BCUT2D eigenvalue weighted by molar-refractivity contribution is -0.129. The number of fused-ring (bicyclic) bond motifs is 1. The lowest BCUT2D eigenvalue weighted by atomic mass is 9.93. The van der Waals surface area contributed by atoms with E-state index in [0.29, 0.717) is 25.8 Å². The van der Waals surface area contributed by atoms with E-state index in [1.165, 1.54) is 4.90 Å². The number of nitrogens with zero attached hydrogens (tertiary/aromatic N) is 1. The molecule has 2 saturated heterocycles. The molecule has 8 nitrogen and oxygen atoms in total. The fourth-order valence-electron chi connectivity index (χ4n) is 5.22. The minimum absolute atomic E-state index is 0.0753. The molecule has 1 aromatic rings. The van der Waals surface area contributed by atoms with Gasteiger partial charge < -0.3 is 20.2 Å². The van der Waals surface area contributed by atoms with E-state index in [4.69, 9.17) is 4.74 Å². The Balaban J connectivity index is 1.41. The maximum absolute atomic E-state index is 13.2. The molecule has 0 spiro atoms. The first-order chi connectivity index (χ1) is 15.1. The Morgan fingerprint density at radius 1 is 1.23 bits per heavy atom. The van der Waals surface area contributed by atoms with Crippen molar-refractivity contribution in [3.05, 3.63) is 35.9 Å². The molecule has 2 aliphatic heterocycles. The summed E-state index contributed by atoms with van der Waals surface area (Å²) in [7, 11) is 0. The highest BCUT2D eigenvalue weighted by molar-refractivity contribution is 5.89. The molecule has 0 aromatic heterocycles. The van der Waals surface area contributed by atoms with Gasteiger partial charge in [0, 0.05) is 19.0 Å². The molecule has 0 unspecified atom stereocenters. The van der Waals surface area contributed by atoms with Crippen molar-refractivity contribution in [2.24, 2.45) is 17.8 Å². The Morgan fingerprint density at radius 3 is 2.74 bits per heavy atom. The van der Waals surface area contributed by atoms with Gasteiger partial charge in [0.25, 0.3) is 0 Å². The molecule has 2 heterocycles. The Hall–Kier alpha value is -2.90. The highest BCUT2D eigenvalue weighted by atomic mass is 16.6. The second-order valence-corrected chi connectivity index (χ2v) is 8.76. The van der Waals surface area contributed by atoms with Crippen LogP contribution in [0.15, 0.2) is 30.3 Å². The molecule has 3 aliphatic rings. The Kier molecular flexibility index (Phi) is 6.53. The predicted molar refractivity (Wildman–Crippen MR) is 112 cm³/mol. The normalized spacial score (nSPS) is 28.0. The molecule has 1 aromatic carbocycles. The molecule has 8 heteroatoms. The SMILES string of the molecule is O=C[C@H](C[C@@H]1CCNC1=O)NC(=O)[C@@H]1[C@H]2CCC[C@H]2CN1C(=O)OCc1ccccc1. The number of carbonyl (C=O) groups is 4. The van der Waals surface area contributed by atoms with E-state index in [9.17, 15) is 19.2 Å². The van der Waals surface area contributed by atoms with Crippen molar-refractivity contribution in [3.63, 3.8) is 0 Å². The van der Waals surface area contributed by atoms with Crippen molar-refractivity contribution in [1.82, 2.24) is 15.5 Å². The van der Waals surface area contributed by atoms with Gasteiger partial charge in [0.15, 0.2) is 0 Å². The van der Waals surface area contributed by atoms with Crippen LogP contribution >= 0.6 is 0 Å². The summed E-state index contributed by atoms with van der Waals surface area (Å²) in [6.45, 7) is 1.23. The maximum Gasteiger partial charge on any atom is 0.410 e. The molecule has 0 bridgehead atoms. The summed E-state index contributed by atoms with van der Waals surface area (Å²) in [5, 5.41) is 5.54. The second kappa shape index (κ2) is 9.49. The molecule has 166 valence electrons. The molecule has 1 aliphatic carbocycles. The summed E-state index contributed by atoms with van der Waals surface area (Å²) in [5.74, 6) is -0.336. The number of rotatable bonds is 7. The van der Waals surface area contributed by atoms with Crippen LogP contribution in [0.1, 0.15) is 37.7 Å². The van der Waals surface area contributed by atoms with E-state index in [1.807, 2.05) is 30.3 Å². The lowest BCUT2D eigenvalue weighted by Crippen LogP contribution is -2.52. The molecule has 31 heavy (non-hydrogen) atoms. The van der Waals surface area contributed by atoms with E-state index >= 15 is 0 Å². The van der Waals surface area contributed by atoms with Crippen LogP contribution in [0.4, 0.5) is 4.79 Å². The van der Waals surface area contributed by atoms with Crippen molar-refractivity contribution >= 4 is 24.2 Å². The van der Waals surface area contributed by atoms with Crippen molar-refractivity contribution in [3.8, 4) is 0 Å². The summed E-state index contributed by atoms with van der Waals surface area (Å²) >= 11 is 0. The monoisotopic (exact) mass is 427 g/mol. The minimum atomic E-state index is -0.746. The summed E-state index contributed by atoms with van der Waals surface area (Å²) in [6, 6.07) is 8.02. The number of benzene rings is 1. The van der Waals surface area contributed by atoms with Gasteiger partial charge in [0.2, 0.25) is 11.8 Å². The number of nitrogens with one attached hydrogen (secondary N) is 2. The van der Waals surface area contributed by atoms with E-state index in [2.05, 4.69) is 10.6 Å².